The number of rotatable bonds is 8. The van der Waals surface area contributed by atoms with Crippen LogP contribution in [0, 0.1) is 0 Å². The molecule has 7 heteroatoms. The minimum Gasteiger partial charge on any atom is -0.480 e. The maximum Gasteiger partial charge on any atom is 0.323 e. The van der Waals surface area contributed by atoms with E-state index in [4.69, 9.17) is 9.84 Å². The van der Waals surface area contributed by atoms with Crippen molar-refractivity contribution in [1.29, 1.82) is 0 Å². The van der Waals surface area contributed by atoms with Crippen molar-refractivity contribution in [2.75, 3.05) is 47.4 Å². The Morgan fingerprint density at radius 1 is 1.35 bits per heavy atom. The predicted octanol–water partition coefficient (Wildman–Crippen LogP) is 0.213. The zero-order valence-electron chi connectivity index (χ0n) is 12.5. The maximum atomic E-state index is 12.1. The van der Waals surface area contributed by atoms with E-state index in [1.807, 2.05) is 14.1 Å². The highest BCUT2D eigenvalue weighted by Crippen LogP contribution is 2.35. The molecule has 116 valence electrons. The van der Waals surface area contributed by atoms with E-state index in [2.05, 4.69) is 10.2 Å². The van der Waals surface area contributed by atoms with Crippen LogP contribution in [-0.4, -0.2) is 79.9 Å². The first kappa shape index (κ1) is 16.7. The molecule has 0 saturated heterocycles. The van der Waals surface area contributed by atoms with Gasteiger partial charge in [0.05, 0.1) is 6.61 Å². The number of carboxylic acid groups (broad SMARTS) is 1. The van der Waals surface area contributed by atoms with E-state index in [1.165, 1.54) is 12.0 Å². The van der Waals surface area contributed by atoms with Crippen molar-refractivity contribution >= 4 is 12.0 Å². The van der Waals surface area contributed by atoms with Gasteiger partial charge in [-0.05, 0) is 33.4 Å². The standard InChI is InChI=1S/C13H25N3O4/c1-15(2)13(5-4-6-13)10-14-12(19)16(7-8-20-3)9-11(17)18/h4-10H2,1-3H3,(H,14,19)(H,17,18). The summed E-state index contributed by atoms with van der Waals surface area (Å²) in [5.41, 5.74) is 0.0197. The summed E-state index contributed by atoms with van der Waals surface area (Å²) in [6, 6.07) is -0.349. The average Bonchev–Trinajstić information content (AvgIpc) is 2.31. The minimum atomic E-state index is -1.03. The van der Waals surface area contributed by atoms with Gasteiger partial charge in [-0.2, -0.15) is 0 Å². The summed E-state index contributed by atoms with van der Waals surface area (Å²) >= 11 is 0. The number of likely N-dealkylation sites (N-methyl/N-ethyl adjacent to an activating group) is 1. The molecule has 0 radical (unpaired) electrons. The maximum absolute atomic E-state index is 12.1. The SMILES string of the molecule is COCCN(CC(=O)O)C(=O)NCC1(N(C)C)CCC1. The number of nitrogens with zero attached hydrogens (tertiary/aromatic N) is 2. The number of ether oxygens (including phenoxy) is 1. The normalized spacial score (nSPS) is 16.6. The Kier molecular flexibility index (Phi) is 6.22. The fourth-order valence-electron chi connectivity index (χ4n) is 2.34. The van der Waals surface area contributed by atoms with Gasteiger partial charge >= 0.3 is 12.0 Å². The number of carboxylic acids is 1. The number of hydrogen-bond acceptors (Lipinski definition) is 4. The van der Waals surface area contributed by atoms with Crippen molar-refractivity contribution in [3.05, 3.63) is 0 Å². The van der Waals surface area contributed by atoms with Gasteiger partial charge < -0.3 is 25.0 Å². The van der Waals surface area contributed by atoms with Crippen molar-refractivity contribution in [3.8, 4) is 0 Å². The van der Waals surface area contributed by atoms with Gasteiger partial charge in [0, 0.05) is 25.7 Å². The Labute approximate surface area is 119 Å². The van der Waals surface area contributed by atoms with Crippen molar-refractivity contribution in [2.24, 2.45) is 0 Å². The van der Waals surface area contributed by atoms with E-state index >= 15 is 0 Å². The van der Waals surface area contributed by atoms with Crippen LogP contribution in [0.25, 0.3) is 0 Å². The molecule has 1 aliphatic carbocycles. The van der Waals surface area contributed by atoms with E-state index in [-0.39, 0.29) is 24.7 Å². The molecule has 0 unspecified atom stereocenters. The largest absolute Gasteiger partial charge is 0.480 e. The second kappa shape index (κ2) is 7.44. The number of urea groups is 1. The molecule has 0 aliphatic heterocycles. The molecule has 1 aliphatic rings. The summed E-state index contributed by atoms with van der Waals surface area (Å²) in [4.78, 5) is 26.2. The summed E-state index contributed by atoms with van der Waals surface area (Å²) in [7, 11) is 5.53. The van der Waals surface area contributed by atoms with Crippen molar-refractivity contribution < 1.29 is 19.4 Å². The van der Waals surface area contributed by atoms with Gasteiger partial charge in [0.25, 0.3) is 0 Å². The van der Waals surface area contributed by atoms with Crippen LogP contribution in [0.4, 0.5) is 4.79 Å². The third kappa shape index (κ3) is 4.35. The molecule has 2 amide bonds. The van der Waals surface area contributed by atoms with Crippen LogP contribution < -0.4 is 5.32 Å². The molecule has 1 saturated carbocycles. The first-order valence-electron chi connectivity index (χ1n) is 6.82. The minimum absolute atomic E-state index is 0.0197. The Bertz CT molecular complexity index is 343. The summed E-state index contributed by atoms with van der Waals surface area (Å²) in [5, 5.41) is 11.7. The smallest absolute Gasteiger partial charge is 0.323 e. The fraction of sp³-hybridized carbons (Fsp3) is 0.846. The number of amides is 2. The monoisotopic (exact) mass is 287 g/mol. The molecule has 0 spiro atoms. The molecule has 7 nitrogen and oxygen atoms in total. The highest BCUT2D eigenvalue weighted by molar-refractivity contribution is 5.80. The van der Waals surface area contributed by atoms with Gasteiger partial charge in [0.15, 0.2) is 0 Å². The topological polar surface area (TPSA) is 82.1 Å². The number of methoxy groups -OCH3 is 1. The molecule has 0 aromatic carbocycles. The predicted molar refractivity (Wildman–Crippen MR) is 74.8 cm³/mol. The first-order chi connectivity index (χ1) is 9.41. The molecule has 0 bridgehead atoms. The number of hydrogen-bond donors (Lipinski definition) is 2. The molecule has 20 heavy (non-hydrogen) atoms. The van der Waals surface area contributed by atoms with Gasteiger partial charge in [-0.3, -0.25) is 4.79 Å². The van der Waals surface area contributed by atoms with E-state index in [1.54, 1.807) is 0 Å². The molecule has 2 N–H and O–H groups in total. The van der Waals surface area contributed by atoms with Crippen molar-refractivity contribution in [3.63, 3.8) is 0 Å². The summed E-state index contributed by atoms with van der Waals surface area (Å²) < 4.78 is 4.90. The summed E-state index contributed by atoms with van der Waals surface area (Å²) in [5.74, 6) is -1.03. The van der Waals surface area contributed by atoms with Crippen LogP contribution in [0.5, 0.6) is 0 Å². The molecule has 0 atom stereocenters. The van der Waals surface area contributed by atoms with Crippen LogP contribution in [-0.2, 0) is 9.53 Å². The zero-order chi connectivity index (χ0) is 15.2. The van der Waals surface area contributed by atoms with E-state index in [9.17, 15) is 9.59 Å². The van der Waals surface area contributed by atoms with Crippen molar-refractivity contribution in [2.45, 2.75) is 24.8 Å². The summed E-state index contributed by atoms with van der Waals surface area (Å²) in [6.07, 6.45) is 3.27. The lowest BCUT2D eigenvalue weighted by Crippen LogP contribution is -2.58. The van der Waals surface area contributed by atoms with E-state index in [0.29, 0.717) is 13.2 Å². The third-order valence-corrected chi connectivity index (χ3v) is 3.98. The third-order valence-electron chi connectivity index (χ3n) is 3.98. The average molecular weight is 287 g/mol. The Balaban J connectivity index is 2.50. The van der Waals surface area contributed by atoms with Crippen LogP contribution in [0.2, 0.25) is 0 Å². The molecular formula is C13H25N3O4. The van der Waals surface area contributed by atoms with Crippen LogP contribution in [0.1, 0.15) is 19.3 Å². The number of nitrogens with one attached hydrogen (secondary N) is 1. The Morgan fingerprint density at radius 2 is 2.00 bits per heavy atom. The second-order valence-corrected chi connectivity index (χ2v) is 5.44. The number of carbonyl (C=O) groups is 2. The van der Waals surface area contributed by atoms with E-state index in [0.717, 1.165) is 19.3 Å². The van der Waals surface area contributed by atoms with Gasteiger partial charge in [-0.1, -0.05) is 0 Å². The van der Waals surface area contributed by atoms with Gasteiger partial charge in [-0.15, -0.1) is 0 Å². The van der Waals surface area contributed by atoms with Crippen molar-refractivity contribution in [1.82, 2.24) is 15.1 Å². The molecule has 0 aromatic rings. The molecule has 0 heterocycles. The molecule has 1 rings (SSSR count). The van der Waals surface area contributed by atoms with Crippen LogP contribution >= 0.6 is 0 Å². The molecular weight excluding hydrogens is 262 g/mol. The lowest BCUT2D eigenvalue weighted by Gasteiger charge is -2.47. The second-order valence-electron chi connectivity index (χ2n) is 5.44. The lowest BCUT2D eigenvalue weighted by molar-refractivity contribution is -0.137. The van der Waals surface area contributed by atoms with Crippen LogP contribution in [0.15, 0.2) is 0 Å². The highest BCUT2D eigenvalue weighted by atomic mass is 16.5. The van der Waals surface area contributed by atoms with Gasteiger partial charge in [0.1, 0.15) is 6.54 Å². The summed E-state index contributed by atoms with van der Waals surface area (Å²) in [6.45, 7) is 0.815. The quantitative estimate of drug-likeness (QED) is 0.667. The first-order valence-corrected chi connectivity index (χ1v) is 6.82. The van der Waals surface area contributed by atoms with Gasteiger partial charge in [0.2, 0.25) is 0 Å². The van der Waals surface area contributed by atoms with E-state index < -0.39 is 5.97 Å². The Hall–Kier alpha value is -1.34. The number of aliphatic carboxylic acids is 1. The zero-order valence-corrected chi connectivity index (χ0v) is 12.5. The highest BCUT2D eigenvalue weighted by Gasteiger charge is 2.39. The molecule has 1 fully saturated rings. The Morgan fingerprint density at radius 3 is 2.40 bits per heavy atom. The number of carbonyl (C=O) groups excluding carboxylic acids is 1. The fourth-order valence-corrected chi connectivity index (χ4v) is 2.34. The van der Waals surface area contributed by atoms with Gasteiger partial charge in [-0.25, -0.2) is 4.79 Å². The lowest BCUT2D eigenvalue weighted by atomic mass is 9.75. The molecule has 0 aromatic heterocycles. The van der Waals surface area contributed by atoms with Crippen LogP contribution in [0.3, 0.4) is 0 Å².